The third-order valence-electron chi connectivity index (χ3n) is 5.71. The van der Waals surface area contributed by atoms with E-state index in [0.717, 1.165) is 17.5 Å². The quantitative estimate of drug-likeness (QED) is 0.473. The summed E-state index contributed by atoms with van der Waals surface area (Å²) in [5, 5.41) is 14.9. The molecule has 152 valence electrons. The van der Waals surface area contributed by atoms with E-state index < -0.39 is 10.8 Å². The Balaban J connectivity index is 1.80. The van der Waals surface area contributed by atoms with Crippen LogP contribution < -0.4 is 10.3 Å². The van der Waals surface area contributed by atoms with Crippen molar-refractivity contribution in [3.63, 3.8) is 0 Å². The van der Waals surface area contributed by atoms with E-state index in [9.17, 15) is 14.9 Å². The first-order valence-corrected chi connectivity index (χ1v) is 9.56. The molecule has 1 aliphatic rings. The van der Waals surface area contributed by atoms with Gasteiger partial charge in [0.25, 0.3) is 11.6 Å². The summed E-state index contributed by atoms with van der Waals surface area (Å²) in [5.74, 6) is -0.0705. The maximum atomic E-state index is 12.2. The molecule has 1 unspecified atom stereocenters. The lowest BCUT2D eigenvalue weighted by atomic mass is 9.79. The van der Waals surface area contributed by atoms with Gasteiger partial charge in [0.2, 0.25) is 0 Å². The van der Waals surface area contributed by atoms with Gasteiger partial charge in [-0.3, -0.25) is 14.9 Å². The summed E-state index contributed by atoms with van der Waals surface area (Å²) in [6.07, 6.45) is 2.68. The van der Waals surface area contributed by atoms with Crippen LogP contribution in [-0.2, 0) is 0 Å². The number of non-ortho nitro benzene ring substituents is 1. The highest BCUT2D eigenvalue weighted by Crippen LogP contribution is 2.43. The van der Waals surface area contributed by atoms with E-state index in [1.807, 2.05) is 6.92 Å². The fourth-order valence-electron chi connectivity index (χ4n) is 3.86. The van der Waals surface area contributed by atoms with E-state index in [1.54, 1.807) is 6.21 Å². The monoisotopic (exact) mass is 394 g/mol. The molecule has 0 aromatic heterocycles. The van der Waals surface area contributed by atoms with Crippen LogP contribution in [0, 0.1) is 17.0 Å². The molecule has 0 saturated heterocycles. The van der Waals surface area contributed by atoms with E-state index in [2.05, 4.69) is 55.4 Å². The molecule has 7 nitrogen and oxygen atoms in total. The molecule has 1 atom stereocenters. The van der Waals surface area contributed by atoms with Gasteiger partial charge in [-0.05, 0) is 68.0 Å². The molecule has 0 spiro atoms. The number of fused-ring (bicyclic) bond motifs is 1. The number of hydrazone groups is 1. The lowest BCUT2D eigenvalue weighted by Gasteiger charge is -2.45. The summed E-state index contributed by atoms with van der Waals surface area (Å²) in [5.41, 5.74) is 7.10. The van der Waals surface area contributed by atoms with Crippen LogP contribution in [0.1, 0.15) is 60.2 Å². The number of carbonyl (C=O) groups excluding carboxylic acids is 1. The number of amides is 1. The van der Waals surface area contributed by atoms with Crippen molar-refractivity contribution in [2.24, 2.45) is 5.10 Å². The van der Waals surface area contributed by atoms with Gasteiger partial charge in [0.1, 0.15) is 0 Å². The van der Waals surface area contributed by atoms with Crippen LogP contribution in [-0.4, -0.2) is 29.6 Å². The predicted octanol–water partition coefficient (Wildman–Crippen LogP) is 4.39. The van der Waals surface area contributed by atoms with Crippen LogP contribution in [0.3, 0.4) is 0 Å². The standard InChI is InChI=1S/C22H26N4O3/c1-14-9-20-19(15(2)12-22(3,4)25(20)5)11-17(14)13-23-24-21(27)16-7-6-8-18(10-16)26(28)29/h6-11,13,15H,12H2,1-5H3,(H,24,27)/b23-13+. The number of benzene rings is 2. The van der Waals surface area contributed by atoms with Gasteiger partial charge in [-0.2, -0.15) is 5.10 Å². The van der Waals surface area contributed by atoms with Crippen molar-refractivity contribution < 1.29 is 9.72 Å². The van der Waals surface area contributed by atoms with Crippen LogP contribution in [0.4, 0.5) is 11.4 Å². The van der Waals surface area contributed by atoms with Crippen molar-refractivity contribution in [1.29, 1.82) is 0 Å². The van der Waals surface area contributed by atoms with Crippen molar-refractivity contribution in [2.45, 2.75) is 45.6 Å². The first-order valence-electron chi connectivity index (χ1n) is 9.56. The van der Waals surface area contributed by atoms with Crippen LogP contribution in [0.25, 0.3) is 0 Å². The fraction of sp³-hybridized carbons (Fsp3) is 0.364. The van der Waals surface area contributed by atoms with Gasteiger partial charge < -0.3 is 4.90 Å². The van der Waals surface area contributed by atoms with Crippen molar-refractivity contribution in [3.05, 3.63) is 68.8 Å². The summed E-state index contributed by atoms with van der Waals surface area (Å²) in [6, 6.07) is 9.86. The zero-order valence-corrected chi connectivity index (χ0v) is 17.4. The first kappa shape index (κ1) is 20.5. The second-order valence-electron chi connectivity index (χ2n) is 8.25. The molecule has 1 heterocycles. The summed E-state index contributed by atoms with van der Waals surface area (Å²) >= 11 is 0. The summed E-state index contributed by atoms with van der Waals surface area (Å²) in [6.45, 7) is 8.75. The Morgan fingerprint density at radius 3 is 2.76 bits per heavy atom. The SMILES string of the molecule is Cc1cc2c(cc1/C=N/NC(=O)c1cccc([N+](=O)[O-])c1)C(C)CC(C)(C)N2C. The topological polar surface area (TPSA) is 87.8 Å². The molecule has 3 rings (SSSR count). The number of nitrogens with zero attached hydrogens (tertiary/aromatic N) is 3. The number of nitro groups is 1. The third-order valence-corrected chi connectivity index (χ3v) is 5.71. The molecule has 0 radical (unpaired) electrons. The number of carbonyl (C=O) groups is 1. The van der Waals surface area contributed by atoms with Crippen LogP contribution in [0.5, 0.6) is 0 Å². The number of nitro benzene ring substituents is 1. The zero-order chi connectivity index (χ0) is 21.3. The second kappa shape index (κ2) is 7.66. The molecule has 2 aromatic rings. The Kier molecular flexibility index (Phi) is 5.42. The van der Waals surface area contributed by atoms with Gasteiger partial charge in [0.05, 0.1) is 11.1 Å². The van der Waals surface area contributed by atoms with Gasteiger partial charge in [0, 0.05) is 36.0 Å². The number of rotatable bonds is 4. The molecule has 0 bridgehead atoms. The Morgan fingerprint density at radius 1 is 1.34 bits per heavy atom. The lowest BCUT2D eigenvalue weighted by Crippen LogP contribution is -2.45. The molecule has 0 fully saturated rings. The summed E-state index contributed by atoms with van der Waals surface area (Å²) in [7, 11) is 2.12. The van der Waals surface area contributed by atoms with Gasteiger partial charge in [0.15, 0.2) is 0 Å². The van der Waals surface area contributed by atoms with Crippen LogP contribution in [0.15, 0.2) is 41.5 Å². The Hall–Kier alpha value is -3.22. The maximum absolute atomic E-state index is 12.2. The average molecular weight is 394 g/mol. The highest BCUT2D eigenvalue weighted by atomic mass is 16.6. The lowest BCUT2D eigenvalue weighted by molar-refractivity contribution is -0.384. The number of hydrogen-bond acceptors (Lipinski definition) is 5. The maximum Gasteiger partial charge on any atom is 0.271 e. The normalized spacial score (nSPS) is 17.8. The molecule has 0 aliphatic carbocycles. The highest BCUT2D eigenvalue weighted by molar-refractivity contribution is 5.95. The second-order valence-corrected chi connectivity index (χ2v) is 8.25. The number of nitrogens with one attached hydrogen (secondary N) is 1. The molecule has 7 heteroatoms. The summed E-state index contributed by atoms with van der Waals surface area (Å²) < 4.78 is 0. The van der Waals surface area contributed by atoms with E-state index >= 15 is 0 Å². The Bertz CT molecular complexity index is 998. The van der Waals surface area contributed by atoms with Gasteiger partial charge in [-0.25, -0.2) is 5.43 Å². The van der Waals surface area contributed by atoms with Crippen LogP contribution >= 0.6 is 0 Å². The van der Waals surface area contributed by atoms with Gasteiger partial charge in [-0.15, -0.1) is 0 Å². The largest absolute Gasteiger partial charge is 0.369 e. The number of aryl methyl sites for hydroxylation is 1. The first-order chi connectivity index (χ1) is 13.6. The fourth-order valence-corrected chi connectivity index (χ4v) is 3.86. The van der Waals surface area contributed by atoms with Crippen molar-refractivity contribution in [1.82, 2.24) is 5.43 Å². The van der Waals surface area contributed by atoms with E-state index in [4.69, 9.17) is 0 Å². The Labute approximate surface area is 170 Å². The molecule has 29 heavy (non-hydrogen) atoms. The average Bonchev–Trinajstić information content (AvgIpc) is 2.66. The molecular weight excluding hydrogens is 368 g/mol. The molecule has 1 aliphatic heterocycles. The predicted molar refractivity (Wildman–Crippen MR) is 115 cm³/mol. The molecule has 1 amide bonds. The van der Waals surface area contributed by atoms with E-state index in [-0.39, 0.29) is 16.8 Å². The molecule has 2 aromatic carbocycles. The third kappa shape index (κ3) is 4.13. The van der Waals surface area contributed by atoms with Gasteiger partial charge >= 0.3 is 0 Å². The minimum Gasteiger partial charge on any atom is -0.369 e. The van der Waals surface area contributed by atoms with E-state index in [0.29, 0.717) is 5.92 Å². The van der Waals surface area contributed by atoms with E-state index in [1.165, 1.54) is 35.5 Å². The minimum atomic E-state index is -0.532. The van der Waals surface area contributed by atoms with Crippen LogP contribution in [0.2, 0.25) is 0 Å². The van der Waals surface area contributed by atoms with Gasteiger partial charge in [-0.1, -0.05) is 13.0 Å². The van der Waals surface area contributed by atoms with Crippen molar-refractivity contribution >= 4 is 23.5 Å². The molecule has 1 N–H and O–H groups in total. The number of hydrogen-bond donors (Lipinski definition) is 1. The Morgan fingerprint density at radius 2 is 2.07 bits per heavy atom. The number of anilines is 1. The summed E-state index contributed by atoms with van der Waals surface area (Å²) in [4.78, 5) is 24.9. The molecule has 0 saturated carbocycles. The van der Waals surface area contributed by atoms with Crippen molar-refractivity contribution in [2.75, 3.05) is 11.9 Å². The zero-order valence-electron chi connectivity index (χ0n) is 17.4. The minimum absolute atomic E-state index is 0.0979. The molecular formula is C22H26N4O3. The van der Waals surface area contributed by atoms with Crippen molar-refractivity contribution in [3.8, 4) is 0 Å². The smallest absolute Gasteiger partial charge is 0.271 e. The highest BCUT2D eigenvalue weighted by Gasteiger charge is 2.34.